The Morgan fingerprint density at radius 3 is 2.29 bits per heavy atom. The van der Waals surface area contributed by atoms with Crippen molar-refractivity contribution in [3.05, 3.63) is 82.9 Å². The molecule has 6 heteroatoms. The highest BCUT2D eigenvalue weighted by Gasteiger charge is 2.20. The average molecular weight is 395 g/mol. The molecule has 0 aliphatic rings. The summed E-state index contributed by atoms with van der Waals surface area (Å²) < 4.78 is 2.26. The summed E-state index contributed by atoms with van der Waals surface area (Å²) in [5.41, 5.74) is 2.56. The molecule has 28 heavy (non-hydrogen) atoms. The minimum atomic E-state index is -0.149. The van der Waals surface area contributed by atoms with Crippen molar-refractivity contribution in [3.8, 4) is 5.69 Å². The first-order valence-electron chi connectivity index (χ1n) is 9.58. The van der Waals surface area contributed by atoms with Crippen LogP contribution in [0, 0.1) is 4.77 Å². The fourth-order valence-electron chi connectivity index (χ4n) is 3.45. The molecule has 0 aliphatic carbocycles. The van der Waals surface area contributed by atoms with E-state index in [4.69, 9.17) is 12.2 Å². The molecule has 3 rings (SSSR count). The number of likely N-dealkylation sites (N-methyl/N-ethyl adjacent to an activating group) is 1. The van der Waals surface area contributed by atoms with Crippen LogP contribution in [-0.2, 0) is 0 Å². The molecule has 2 N–H and O–H groups in total. The first kappa shape index (κ1) is 20.0. The molecule has 1 amide bonds. The molecular weight excluding hydrogens is 368 g/mol. The number of imidazole rings is 1. The number of nitrogens with one attached hydrogen (secondary N) is 2. The van der Waals surface area contributed by atoms with E-state index in [-0.39, 0.29) is 11.9 Å². The van der Waals surface area contributed by atoms with Gasteiger partial charge >= 0.3 is 0 Å². The third kappa shape index (κ3) is 4.40. The standard InChI is InChI=1S/C22H26N4OS/c1-3-25(4-2)19(17-11-7-5-8-12-17)15-23-21(27)20-16-24-22(28)26(20)18-13-9-6-10-14-18/h5-14,16,19H,3-4,15H2,1-2H3,(H,23,27)(H,24,28). The predicted molar refractivity (Wildman–Crippen MR) is 115 cm³/mol. The number of para-hydroxylation sites is 1. The first-order chi connectivity index (χ1) is 13.7. The fourth-order valence-corrected chi connectivity index (χ4v) is 3.71. The van der Waals surface area contributed by atoms with Gasteiger partial charge in [-0.3, -0.25) is 14.3 Å². The van der Waals surface area contributed by atoms with Gasteiger partial charge in [0.2, 0.25) is 0 Å². The zero-order chi connectivity index (χ0) is 19.9. The van der Waals surface area contributed by atoms with Crippen molar-refractivity contribution in [2.45, 2.75) is 19.9 Å². The van der Waals surface area contributed by atoms with Crippen LogP contribution in [0.4, 0.5) is 0 Å². The SMILES string of the molecule is CCN(CC)C(CNC(=O)c1c[nH]c(=S)n1-c1ccccc1)c1ccccc1. The summed E-state index contributed by atoms with van der Waals surface area (Å²) in [5, 5.41) is 3.10. The lowest BCUT2D eigenvalue weighted by Gasteiger charge is -2.30. The largest absolute Gasteiger partial charge is 0.349 e. The molecule has 0 radical (unpaired) electrons. The number of aromatic nitrogens is 2. The van der Waals surface area contributed by atoms with Crippen LogP contribution < -0.4 is 5.32 Å². The van der Waals surface area contributed by atoms with Gasteiger partial charge in [0, 0.05) is 18.4 Å². The second kappa shape index (κ2) is 9.48. The summed E-state index contributed by atoms with van der Waals surface area (Å²) in [4.78, 5) is 18.3. The maximum Gasteiger partial charge on any atom is 0.269 e. The van der Waals surface area contributed by atoms with E-state index in [0.717, 1.165) is 18.8 Å². The first-order valence-corrected chi connectivity index (χ1v) is 9.99. The molecule has 3 aromatic rings. The minimum absolute atomic E-state index is 0.118. The number of rotatable bonds is 8. The number of hydrogen-bond acceptors (Lipinski definition) is 3. The third-order valence-corrected chi connectivity index (χ3v) is 5.22. The van der Waals surface area contributed by atoms with Gasteiger partial charge in [-0.1, -0.05) is 62.4 Å². The molecular formula is C22H26N4OS. The van der Waals surface area contributed by atoms with E-state index in [2.05, 4.69) is 41.2 Å². The molecule has 0 aliphatic heterocycles. The highest BCUT2D eigenvalue weighted by molar-refractivity contribution is 7.71. The molecule has 1 heterocycles. The van der Waals surface area contributed by atoms with Gasteiger partial charge in [-0.25, -0.2) is 0 Å². The number of carbonyl (C=O) groups excluding carboxylic acids is 1. The van der Waals surface area contributed by atoms with E-state index in [1.54, 1.807) is 10.8 Å². The lowest BCUT2D eigenvalue weighted by atomic mass is 10.1. The summed E-state index contributed by atoms with van der Waals surface area (Å²) in [6, 6.07) is 20.1. The van der Waals surface area contributed by atoms with E-state index in [1.165, 1.54) is 5.56 Å². The molecule has 2 aromatic carbocycles. The van der Waals surface area contributed by atoms with Gasteiger partial charge in [-0.2, -0.15) is 0 Å². The Bertz CT molecular complexity index is 945. The maximum absolute atomic E-state index is 13.0. The molecule has 0 spiro atoms. The van der Waals surface area contributed by atoms with Gasteiger partial charge in [0.25, 0.3) is 5.91 Å². The van der Waals surface area contributed by atoms with Crippen molar-refractivity contribution in [3.63, 3.8) is 0 Å². The number of hydrogen-bond donors (Lipinski definition) is 2. The Morgan fingerprint density at radius 1 is 1.07 bits per heavy atom. The van der Waals surface area contributed by atoms with E-state index in [9.17, 15) is 4.79 Å². The highest BCUT2D eigenvalue weighted by Crippen LogP contribution is 2.20. The van der Waals surface area contributed by atoms with Gasteiger partial charge < -0.3 is 10.3 Å². The van der Waals surface area contributed by atoms with Crippen molar-refractivity contribution in [2.75, 3.05) is 19.6 Å². The smallest absolute Gasteiger partial charge is 0.269 e. The topological polar surface area (TPSA) is 53.1 Å². The molecule has 1 unspecified atom stereocenters. The van der Waals surface area contributed by atoms with Gasteiger partial charge in [0.1, 0.15) is 5.69 Å². The van der Waals surface area contributed by atoms with E-state index < -0.39 is 0 Å². The number of carbonyl (C=O) groups is 1. The molecule has 1 aromatic heterocycles. The molecule has 0 saturated carbocycles. The van der Waals surface area contributed by atoms with E-state index in [1.807, 2.05) is 48.5 Å². The van der Waals surface area contributed by atoms with Crippen LogP contribution in [0.5, 0.6) is 0 Å². The summed E-state index contributed by atoms with van der Waals surface area (Å²) in [5.74, 6) is -0.149. The van der Waals surface area contributed by atoms with Crippen LogP contribution in [0.15, 0.2) is 66.9 Å². The molecule has 5 nitrogen and oxygen atoms in total. The second-order valence-electron chi connectivity index (χ2n) is 6.51. The van der Waals surface area contributed by atoms with Crippen LogP contribution in [0.2, 0.25) is 0 Å². The molecule has 146 valence electrons. The number of amides is 1. The third-order valence-electron chi connectivity index (χ3n) is 4.92. The normalized spacial score (nSPS) is 12.1. The number of aromatic amines is 1. The Kier molecular flexibility index (Phi) is 6.79. The lowest BCUT2D eigenvalue weighted by molar-refractivity contribution is 0.0928. The lowest BCUT2D eigenvalue weighted by Crippen LogP contribution is -2.38. The molecule has 0 saturated heterocycles. The Balaban J connectivity index is 1.82. The van der Waals surface area contributed by atoms with Crippen LogP contribution in [0.1, 0.15) is 35.9 Å². The number of nitrogens with zero attached hydrogens (tertiary/aromatic N) is 2. The van der Waals surface area contributed by atoms with E-state index >= 15 is 0 Å². The van der Waals surface area contributed by atoms with Crippen LogP contribution >= 0.6 is 12.2 Å². The Hall–Kier alpha value is -2.70. The van der Waals surface area contributed by atoms with Crippen molar-refractivity contribution in [1.82, 2.24) is 19.8 Å². The monoisotopic (exact) mass is 394 g/mol. The average Bonchev–Trinajstić information content (AvgIpc) is 3.13. The predicted octanol–water partition coefficient (Wildman–Crippen LogP) is 4.35. The fraction of sp³-hybridized carbons (Fsp3) is 0.273. The maximum atomic E-state index is 13.0. The van der Waals surface area contributed by atoms with Crippen molar-refractivity contribution in [2.24, 2.45) is 0 Å². The van der Waals surface area contributed by atoms with Gasteiger partial charge in [0.15, 0.2) is 4.77 Å². The van der Waals surface area contributed by atoms with Gasteiger partial charge in [-0.15, -0.1) is 0 Å². The summed E-state index contributed by atoms with van der Waals surface area (Å²) in [6.07, 6.45) is 1.67. The minimum Gasteiger partial charge on any atom is -0.349 e. The highest BCUT2D eigenvalue weighted by atomic mass is 32.1. The zero-order valence-electron chi connectivity index (χ0n) is 16.3. The van der Waals surface area contributed by atoms with Gasteiger partial charge in [-0.05, 0) is 43.0 Å². The number of benzene rings is 2. The summed E-state index contributed by atoms with van der Waals surface area (Å²) >= 11 is 5.38. The van der Waals surface area contributed by atoms with Crippen molar-refractivity contribution < 1.29 is 4.79 Å². The van der Waals surface area contributed by atoms with Crippen molar-refractivity contribution >= 4 is 18.1 Å². The summed E-state index contributed by atoms with van der Waals surface area (Å²) in [6.45, 7) is 6.63. The second-order valence-corrected chi connectivity index (χ2v) is 6.89. The Labute approximate surface area is 171 Å². The van der Waals surface area contributed by atoms with Crippen LogP contribution in [0.25, 0.3) is 5.69 Å². The molecule has 1 atom stereocenters. The quantitative estimate of drug-likeness (QED) is 0.559. The van der Waals surface area contributed by atoms with Crippen LogP contribution in [0.3, 0.4) is 0 Å². The van der Waals surface area contributed by atoms with Crippen molar-refractivity contribution in [1.29, 1.82) is 0 Å². The molecule has 0 bridgehead atoms. The Morgan fingerprint density at radius 2 is 1.68 bits per heavy atom. The molecule has 0 fully saturated rings. The van der Waals surface area contributed by atoms with Crippen LogP contribution in [-0.4, -0.2) is 40.0 Å². The van der Waals surface area contributed by atoms with Gasteiger partial charge in [0.05, 0.1) is 6.04 Å². The van der Waals surface area contributed by atoms with E-state index in [0.29, 0.717) is 17.0 Å². The number of H-pyrrole nitrogens is 1. The zero-order valence-corrected chi connectivity index (χ0v) is 17.1. The summed E-state index contributed by atoms with van der Waals surface area (Å²) in [7, 11) is 0.